The van der Waals surface area contributed by atoms with Gasteiger partial charge in [-0.25, -0.2) is 0 Å². The fraction of sp³-hybridized carbons (Fsp3) is 0.867. The summed E-state index contributed by atoms with van der Waals surface area (Å²) in [6.45, 7) is 2.29. The Morgan fingerprint density at radius 3 is 1.67 bits per heavy atom. The molecule has 1 atom stereocenters. The van der Waals surface area contributed by atoms with Crippen molar-refractivity contribution >= 4 is 53.7 Å². The van der Waals surface area contributed by atoms with E-state index in [9.17, 15) is 0 Å². The van der Waals surface area contributed by atoms with E-state index in [1.165, 1.54) is 70.6 Å². The quantitative estimate of drug-likeness (QED) is 0.348. The molecule has 0 aromatic carbocycles. The predicted molar refractivity (Wildman–Crippen MR) is 91.4 cm³/mol. The molecule has 0 amide bonds. The summed E-state index contributed by atoms with van der Waals surface area (Å²) in [6, 6.07) is 0. The van der Waals surface area contributed by atoms with Crippen molar-refractivity contribution in [3.63, 3.8) is 0 Å². The van der Waals surface area contributed by atoms with Crippen LogP contribution in [-0.2, 0) is 0 Å². The van der Waals surface area contributed by atoms with Crippen molar-refractivity contribution in [2.45, 2.75) is 82.8 Å². The molecule has 0 spiro atoms. The summed E-state index contributed by atoms with van der Waals surface area (Å²) in [5, 5.41) is 3.09. The summed E-state index contributed by atoms with van der Waals surface area (Å²) in [6.07, 6.45) is 18.3. The van der Waals surface area contributed by atoms with Gasteiger partial charge >= 0.3 is 29.6 Å². The van der Waals surface area contributed by atoms with Gasteiger partial charge in [-0.1, -0.05) is 77.2 Å². The third-order valence-corrected chi connectivity index (χ3v) is 4.45. The predicted octanol–water partition coefficient (Wildman–Crippen LogP) is 5.70. The van der Waals surface area contributed by atoms with Gasteiger partial charge in [-0.2, -0.15) is 0 Å². The summed E-state index contributed by atoms with van der Waals surface area (Å²) < 4.78 is 0. The van der Waals surface area contributed by atoms with E-state index in [0.717, 1.165) is 5.25 Å². The van der Waals surface area contributed by atoms with Crippen molar-refractivity contribution in [3.05, 3.63) is 11.5 Å². The third-order valence-electron chi connectivity index (χ3n) is 3.39. The number of halogens is 1. The number of hydrogen-bond donors (Lipinski definition) is 0. The molecule has 0 bridgehead atoms. The van der Waals surface area contributed by atoms with Crippen LogP contribution in [-0.4, -0.2) is 34.8 Å². The van der Waals surface area contributed by atoms with Gasteiger partial charge < -0.3 is 0 Å². The molecule has 1 heterocycles. The maximum absolute atomic E-state index is 2.35. The molecule has 104 valence electrons. The minimum atomic E-state index is 0. The van der Waals surface area contributed by atoms with Crippen molar-refractivity contribution in [1.29, 1.82) is 0 Å². The van der Waals surface area contributed by atoms with E-state index in [0.29, 0.717) is 0 Å². The van der Waals surface area contributed by atoms with Crippen LogP contribution in [0.4, 0.5) is 0 Å². The van der Waals surface area contributed by atoms with Gasteiger partial charge in [-0.3, -0.25) is 0 Å². The normalized spacial score (nSPS) is 16.6. The van der Waals surface area contributed by atoms with Crippen LogP contribution in [0.15, 0.2) is 11.5 Å². The summed E-state index contributed by atoms with van der Waals surface area (Å²) >= 11 is 2.00. The van der Waals surface area contributed by atoms with Crippen molar-refractivity contribution in [1.82, 2.24) is 0 Å². The number of hydrogen-bond acceptors (Lipinski definition) is 1. The van der Waals surface area contributed by atoms with Crippen LogP contribution in [0.2, 0.25) is 0 Å². The second kappa shape index (κ2) is 16.4. The molecule has 3 heteroatoms. The monoisotopic (exact) mass is 300 g/mol. The molecular weight excluding hydrogens is 271 g/mol. The third kappa shape index (κ3) is 12.4. The van der Waals surface area contributed by atoms with Crippen LogP contribution in [0.3, 0.4) is 0 Å². The molecule has 0 aromatic heterocycles. The van der Waals surface area contributed by atoms with E-state index in [2.05, 4.69) is 18.4 Å². The molecule has 0 saturated heterocycles. The minimum absolute atomic E-state index is 0. The van der Waals surface area contributed by atoms with Gasteiger partial charge in [0.05, 0.1) is 0 Å². The zero-order valence-corrected chi connectivity index (χ0v) is 13.0. The van der Waals surface area contributed by atoms with E-state index in [-0.39, 0.29) is 42.0 Å². The molecular formula is C15H30ClNaS. The zero-order chi connectivity index (χ0) is 11.5. The summed E-state index contributed by atoms with van der Waals surface area (Å²) in [4.78, 5) is 0. The van der Waals surface area contributed by atoms with E-state index in [1.54, 1.807) is 0 Å². The first-order chi connectivity index (χ1) is 7.93. The fourth-order valence-electron chi connectivity index (χ4n) is 2.19. The molecule has 0 aliphatic carbocycles. The van der Waals surface area contributed by atoms with Gasteiger partial charge in [0.2, 0.25) is 0 Å². The van der Waals surface area contributed by atoms with E-state index in [1.807, 2.05) is 11.8 Å². The average molecular weight is 301 g/mol. The molecule has 0 N–H and O–H groups in total. The van der Waals surface area contributed by atoms with E-state index in [4.69, 9.17) is 0 Å². The van der Waals surface area contributed by atoms with Crippen molar-refractivity contribution < 1.29 is 0 Å². The van der Waals surface area contributed by atoms with Crippen LogP contribution < -0.4 is 0 Å². The zero-order valence-electron chi connectivity index (χ0n) is 11.3. The van der Waals surface area contributed by atoms with Crippen LogP contribution in [0.5, 0.6) is 0 Å². The first-order valence-electron chi connectivity index (χ1n) is 7.25. The molecule has 1 aliphatic heterocycles. The standard InChI is InChI=1S/C15H28S.ClH.Na.H/c1-2-3-4-5-6-7-8-9-10-11-12-15-13-14-16-15;;;/h13-15H,2-12H2,1H3;1H;;. The Balaban J connectivity index is 0. The van der Waals surface area contributed by atoms with Crippen LogP contribution >= 0.6 is 24.2 Å². The Hall–Kier alpha value is 1.38. The van der Waals surface area contributed by atoms with Gasteiger partial charge in [0, 0.05) is 5.25 Å². The molecule has 0 saturated carbocycles. The number of unbranched alkanes of at least 4 members (excludes halogenated alkanes) is 9. The Morgan fingerprint density at radius 1 is 0.833 bits per heavy atom. The SMILES string of the molecule is CCCCCCCCCCCCC1C=CS1.Cl.[NaH]. The van der Waals surface area contributed by atoms with Gasteiger partial charge in [0.1, 0.15) is 0 Å². The Labute approximate surface area is 147 Å². The first-order valence-corrected chi connectivity index (χ1v) is 8.20. The van der Waals surface area contributed by atoms with Gasteiger partial charge in [-0.05, 0) is 11.8 Å². The number of rotatable bonds is 11. The van der Waals surface area contributed by atoms with Gasteiger partial charge in [-0.15, -0.1) is 24.2 Å². The fourth-order valence-corrected chi connectivity index (χ4v) is 2.87. The van der Waals surface area contributed by atoms with Crippen LogP contribution in [0.1, 0.15) is 77.6 Å². The second-order valence-corrected chi connectivity index (χ2v) is 6.12. The van der Waals surface area contributed by atoms with Crippen LogP contribution in [0.25, 0.3) is 0 Å². The van der Waals surface area contributed by atoms with Crippen molar-refractivity contribution in [2.24, 2.45) is 0 Å². The van der Waals surface area contributed by atoms with Crippen molar-refractivity contribution in [2.75, 3.05) is 0 Å². The topological polar surface area (TPSA) is 0 Å². The molecule has 18 heavy (non-hydrogen) atoms. The Bertz CT molecular complexity index is 185. The molecule has 0 aromatic rings. The molecule has 0 nitrogen and oxygen atoms in total. The van der Waals surface area contributed by atoms with Gasteiger partial charge in [0.25, 0.3) is 0 Å². The van der Waals surface area contributed by atoms with Crippen LogP contribution in [0, 0.1) is 0 Å². The van der Waals surface area contributed by atoms with E-state index >= 15 is 0 Å². The van der Waals surface area contributed by atoms with Gasteiger partial charge in [0.15, 0.2) is 0 Å². The second-order valence-electron chi connectivity index (χ2n) is 4.97. The molecule has 0 radical (unpaired) electrons. The molecule has 1 aliphatic rings. The number of thioether (sulfide) groups is 1. The Kier molecular flexibility index (Phi) is 19.8. The molecule has 0 fully saturated rings. The summed E-state index contributed by atoms with van der Waals surface area (Å²) in [5.74, 6) is 0. The molecule has 1 unspecified atom stereocenters. The van der Waals surface area contributed by atoms with Crippen molar-refractivity contribution in [3.8, 4) is 0 Å². The summed E-state index contributed by atoms with van der Waals surface area (Å²) in [5.41, 5.74) is 0. The van der Waals surface area contributed by atoms with E-state index < -0.39 is 0 Å². The Morgan fingerprint density at radius 2 is 1.28 bits per heavy atom. The molecule has 1 rings (SSSR count). The average Bonchev–Trinajstić information content (AvgIpc) is 2.23. The maximum atomic E-state index is 2.35. The summed E-state index contributed by atoms with van der Waals surface area (Å²) in [7, 11) is 0. The first kappa shape index (κ1) is 21.7.